The van der Waals surface area contributed by atoms with Gasteiger partial charge in [-0.25, -0.2) is 4.98 Å². The molecular formula is C8H10F3N3. The number of aromatic nitrogens is 1. The average molecular weight is 205 g/mol. The molecular weight excluding hydrogens is 195 g/mol. The quantitative estimate of drug-likeness (QED) is 0.793. The van der Waals surface area contributed by atoms with Crippen LogP contribution in [0.15, 0.2) is 18.3 Å². The van der Waals surface area contributed by atoms with Crippen LogP contribution in [0, 0.1) is 0 Å². The number of rotatable bonds is 3. The molecule has 6 heteroatoms. The topological polar surface area (TPSA) is 37.0 Å². The summed E-state index contributed by atoms with van der Waals surface area (Å²) in [5.74, 6) is 0.525. The van der Waals surface area contributed by atoms with Gasteiger partial charge in [0.1, 0.15) is 12.4 Å². The molecule has 0 saturated carbocycles. The van der Waals surface area contributed by atoms with Crippen molar-refractivity contribution in [1.29, 1.82) is 0 Å². The van der Waals surface area contributed by atoms with Gasteiger partial charge in [0.2, 0.25) is 0 Å². The van der Waals surface area contributed by atoms with E-state index in [0.29, 0.717) is 11.5 Å². The zero-order chi connectivity index (χ0) is 10.6. The molecule has 0 atom stereocenters. The standard InChI is InChI=1S/C8H10F3N3/c1-12-7-4-6(2-3-13-7)14-5-8(9,10)11/h2-4H,5H2,1H3,(H2,12,13,14). The van der Waals surface area contributed by atoms with E-state index < -0.39 is 12.7 Å². The summed E-state index contributed by atoms with van der Waals surface area (Å²) in [6.07, 6.45) is -2.77. The van der Waals surface area contributed by atoms with Crippen molar-refractivity contribution in [2.75, 3.05) is 24.2 Å². The predicted molar refractivity (Wildman–Crippen MR) is 48.3 cm³/mol. The molecule has 0 amide bonds. The van der Waals surface area contributed by atoms with Crippen molar-refractivity contribution >= 4 is 11.5 Å². The Hall–Kier alpha value is -1.46. The summed E-state index contributed by atoms with van der Waals surface area (Å²) in [6, 6.07) is 2.98. The summed E-state index contributed by atoms with van der Waals surface area (Å²) >= 11 is 0. The van der Waals surface area contributed by atoms with Crippen LogP contribution in [0.2, 0.25) is 0 Å². The van der Waals surface area contributed by atoms with Crippen molar-refractivity contribution in [2.45, 2.75) is 6.18 Å². The zero-order valence-electron chi connectivity index (χ0n) is 7.52. The highest BCUT2D eigenvalue weighted by Gasteiger charge is 2.26. The summed E-state index contributed by atoms with van der Waals surface area (Å²) in [6.45, 7) is -1.04. The van der Waals surface area contributed by atoms with Gasteiger partial charge >= 0.3 is 6.18 Å². The first-order chi connectivity index (χ1) is 6.51. The molecule has 3 nitrogen and oxygen atoms in total. The lowest BCUT2D eigenvalue weighted by atomic mass is 10.4. The lowest BCUT2D eigenvalue weighted by Gasteiger charge is -2.09. The van der Waals surface area contributed by atoms with E-state index in [4.69, 9.17) is 0 Å². The first-order valence-electron chi connectivity index (χ1n) is 3.96. The smallest absolute Gasteiger partial charge is 0.376 e. The van der Waals surface area contributed by atoms with E-state index >= 15 is 0 Å². The number of nitrogens with one attached hydrogen (secondary N) is 2. The van der Waals surface area contributed by atoms with Crippen molar-refractivity contribution in [3.05, 3.63) is 18.3 Å². The van der Waals surface area contributed by atoms with Gasteiger partial charge in [-0.3, -0.25) is 0 Å². The maximum absolute atomic E-state index is 11.8. The minimum atomic E-state index is -4.21. The number of pyridine rings is 1. The van der Waals surface area contributed by atoms with Crippen LogP contribution in [-0.4, -0.2) is 24.8 Å². The summed E-state index contributed by atoms with van der Waals surface area (Å²) in [5, 5.41) is 4.99. The van der Waals surface area contributed by atoms with Crippen LogP contribution in [0.25, 0.3) is 0 Å². The summed E-state index contributed by atoms with van der Waals surface area (Å²) in [4.78, 5) is 3.87. The van der Waals surface area contributed by atoms with Crippen molar-refractivity contribution in [3.8, 4) is 0 Å². The Morgan fingerprint density at radius 3 is 2.71 bits per heavy atom. The Morgan fingerprint density at radius 1 is 1.43 bits per heavy atom. The van der Waals surface area contributed by atoms with Gasteiger partial charge in [0, 0.05) is 25.0 Å². The highest BCUT2D eigenvalue weighted by molar-refractivity contribution is 5.51. The first-order valence-corrected chi connectivity index (χ1v) is 3.96. The minimum Gasteiger partial charge on any atom is -0.376 e. The molecule has 0 aliphatic rings. The number of halogens is 3. The van der Waals surface area contributed by atoms with Gasteiger partial charge in [-0.05, 0) is 6.07 Å². The molecule has 0 fully saturated rings. The lowest BCUT2D eigenvalue weighted by molar-refractivity contribution is -0.115. The van der Waals surface area contributed by atoms with E-state index in [2.05, 4.69) is 15.6 Å². The SMILES string of the molecule is CNc1cc(NCC(F)(F)F)ccn1. The van der Waals surface area contributed by atoms with Crippen LogP contribution in [0.3, 0.4) is 0 Å². The first kappa shape index (κ1) is 10.6. The Balaban J connectivity index is 2.59. The van der Waals surface area contributed by atoms with Crippen LogP contribution in [0.4, 0.5) is 24.7 Å². The fourth-order valence-corrected chi connectivity index (χ4v) is 0.880. The molecule has 1 heterocycles. The molecule has 0 aromatic carbocycles. The van der Waals surface area contributed by atoms with E-state index in [9.17, 15) is 13.2 Å². The number of nitrogens with zero attached hydrogens (tertiary/aromatic N) is 1. The average Bonchev–Trinajstić information content (AvgIpc) is 2.14. The zero-order valence-corrected chi connectivity index (χ0v) is 7.52. The molecule has 0 saturated heterocycles. The normalized spacial score (nSPS) is 11.1. The highest BCUT2D eigenvalue weighted by Crippen LogP contribution is 2.17. The van der Waals surface area contributed by atoms with E-state index in [1.54, 1.807) is 7.05 Å². The highest BCUT2D eigenvalue weighted by atomic mass is 19.4. The Morgan fingerprint density at radius 2 is 2.14 bits per heavy atom. The lowest BCUT2D eigenvalue weighted by Crippen LogP contribution is -2.21. The van der Waals surface area contributed by atoms with Crippen LogP contribution in [0.5, 0.6) is 0 Å². The van der Waals surface area contributed by atoms with E-state index in [-0.39, 0.29) is 0 Å². The molecule has 1 aromatic heterocycles. The second kappa shape index (κ2) is 4.17. The van der Waals surface area contributed by atoms with Gasteiger partial charge in [0.25, 0.3) is 0 Å². The molecule has 2 N–H and O–H groups in total. The number of hydrogen-bond acceptors (Lipinski definition) is 3. The predicted octanol–water partition coefficient (Wildman–Crippen LogP) is 2.10. The third-order valence-corrected chi connectivity index (χ3v) is 1.51. The van der Waals surface area contributed by atoms with Gasteiger partial charge in [-0.1, -0.05) is 0 Å². The maximum Gasteiger partial charge on any atom is 0.405 e. The van der Waals surface area contributed by atoms with Crippen molar-refractivity contribution in [1.82, 2.24) is 4.98 Å². The third kappa shape index (κ3) is 3.51. The van der Waals surface area contributed by atoms with Gasteiger partial charge in [0.05, 0.1) is 0 Å². The molecule has 0 bridgehead atoms. The van der Waals surface area contributed by atoms with Gasteiger partial charge in [-0.15, -0.1) is 0 Å². The molecule has 0 aliphatic carbocycles. The Kier molecular flexibility index (Phi) is 3.16. The molecule has 78 valence electrons. The molecule has 1 rings (SSSR count). The van der Waals surface area contributed by atoms with E-state index in [0.717, 1.165) is 0 Å². The largest absolute Gasteiger partial charge is 0.405 e. The molecule has 1 aromatic rings. The van der Waals surface area contributed by atoms with Crippen LogP contribution >= 0.6 is 0 Å². The Labute approximate surface area is 79.3 Å². The summed E-state index contributed by atoms with van der Waals surface area (Å²) < 4.78 is 35.5. The summed E-state index contributed by atoms with van der Waals surface area (Å²) in [7, 11) is 1.65. The monoisotopic (exact) mass is 205 g/mol. The van der Waals surface area contributed by atoms with Crippen molar-refractivity contribution in [2.24, 2.45) is 0 Å². The number of hydrogen-bond donors (Lipinski definition) is 2. The Bertz CT molecular complexity index is 298. The van der Waals surface area contributed by atoms with E-state index in [1.165, 1.54) is 18.3 Å². The van der Waals surface area contributed by atoms with Crippen molar-refractivity contribution in [3.63, 3.8) is 0 Å². The molecule has 0 radical (unpaired) electrons. The second-order valence-electron chi connectivity index (χ2n) is 2.65. The molecule has 0 unspecified atom stereocenters. The number of alkyl halides is 3. The van der Waals surface area contributed by atoms with Crippen molar-refractivity contribution < 1.29 is 13.2 Å². The van der Waals surface area contributed by atoms with Gasteiger partial charge in [0.15, 0.2) is 0 Å². The number of anilines is 2. The third-order valence-electron chi connectivity index (χ3n) is 1.51. The summed E-state index contributed by atoms with van der Waals surface area (Å²) in [5.41, 5.74) is 0.390. The van der Waals surface area contributed by atoms with Crippen LogP contribution < -0.4 is 10.6 Å². The van der Waals surface area contributed by atoms with E-state index in [1.807, 2.05) is 0 Å². The van der Waals surface area contributed by atoms with Crippen LogP contribution in [-0.2, 0) is 0 Å². The molecule has 0 spiro atoms. The maximum atomic E-state index is 11.8. The fourth-order valence-electron chi connectivity index (χ4n) is 0.880. The fraction of sp³-hybridized carbons (Fsp3) is 0.375. The molecule has 0 aliphatic heterocycles. The van der Waals surface area contributed by atoms with Crippen LogP contribution in [0.1, 0.15) is 0 Å². The minimum absolute atomic E-state index is 0.390. The van der Waals surface area contributed by atoms with Gasteiger partial charge in [-0.2, -0.15) is 13.2 Å². The molecule has 14 heavy (non-hydrogen) atoms. The second-order valence-corrected chi connectivity index (χ2v) is 2.65. The van der Waals surface area contributed by atoms with Gasteiger partial charge < -0.3 is 10.6 Å².